The molecular weight excluding hydrogens is 260 g/mol. The highest BCUT2D eigenvalue weighted by Gasteiger charge is 2.33. The normalized spacial score (nSPS) is 22.6. The summed E-state index contributed by atoms with van der Waals surface area (Å²) < 4.78 is 0. The molecule has 0 aliphatic carbocycles. The van der Waals surface area contributed by atoms with Crippen LogP contribution in [0.3, 0.4) is 0 Å². The minimum atomic E-state index is -0.167. The Hall–Kier alpha value is -0.900. The average Bonchev–Trinajstić information content (AvgIpc) is 2.97. The third-order valence-electron chi connectivity index (χ3n) is 4.97. The van der Waals surface area contributed by atoms with Crippen LogP contribution in [0.5, 0.6) is 0 Å². The SMILES string of the molecule is CCN(CC)C1CCN(CC(C)(CO)c2ccccc2)C1. The standard InChI is InChI=1S/C18H30N2O/c1-4-20(5-2)17-11-12-19(13-17)14-18(3,15-21)16-9-7-6-8-10-16/h6-10,17,21H,4-5,11-15H2,1-3H3. The first-order valence-corrected chi connectivity index (χ1v) is 8.25. The van der Waals surface area contributed by atoms with Gasteiger partial charge in [0.2, 0.25) is 0 Å². The molecule has 1 aliphatic heterocycles. The Labute approximate surface area is 129 Å². The molecule has 3 nitrogen and oxygen atoms in total. The molecular formula is C18H30N2O. The second-order valence-electron chi connectivity index (χ2n) is 6.48. The number of nitrogens with zero attached hydrogens (tertiary/aromatic N) is 2. The van der Waals surface area contributed by atoms with Gasteiger partial charge in [0.1, 0.15) is 0 Å². The van der Waals surface area contributed by atoms with Gasteiger partial charge in [-0.3, -0.25) is 4.90 Å². The molecule has 0 spiro atoms. The van der Waals surface area contributed by atoms with E-state index in [9.17, 15) is 5.11 Å². The van der Waals surface area contributed by atoms with Gasteiger partial charge in [-0.25, -0.2) is 0 Å². The van der Waals surface area contributed by atoms with E-state index in [0.29, 0.717) is 6.04 Å². The van der Waals surface area contributed by atoms with Crippen LogP contribution in [0.25, 0.3) is 0 Å². The van der Waals surface area contributed by atoms with Gasteiger partial charge in [0, 0.05) is 24.5 Å². The number of hydrogen-bond donors (Lipinski definition) is 1. The van der Waals surface area contributed by atoms with Gasteiger partial charge in [-0.15, -0.1) is 0 Å². The lowest BCUT2D eigenvalue weighted by Gasteiger charge is -2.33. The summed E-state index contributed by atoms with van der Waals surface area (Å²) in [6.07, 6.45) is 1.25. The molecule has 118 valence electrons. The summed E-state index contributed by atoms with van der Waals surface area (Å²) in [6.45, 7) is 12.3. The van der Waals surface area contributed by atoms with Gasteiger partial charge in [0.05, 0.1) is 6.61 Å². The molecule has 1 N–H and O–H groups in total. The highest BCUT2D eigenvalue weighted by Crippen LogP contribution is 2.27. The lowest BCUT2D eigenvalue weighted by molar-refractivity contribution is 0.148. The van der Waals surface area contributed by atoms with Crippen molar-refractivity contribution in [3.8, 4) is 0 Å². The minimum Gasteiger partial charge on any atom is -0.395 e. The Kier molecular flexibility index (Phi) is 5.80. The molecule has 0 bridgehead atoms. The van der Waals surface area contributed by atoms with E-state index < -0.39 is 0 Å². The van der Waals surface area contributed by atoms with Gasteiger partial charge >= 0.3 is 0 Å². The molecule has 2 rings (SSSR count). The second-order valence-corrected chi connectivity index (χ2v) is 6.48. The van der Waals surface area contributed by atoms with Crippen molar-refractivity contribution < 1.29 is 5.11 Å². The van der Waals surface area contributed by atoms with Crippen LogP contribution >= 0.6 is 0 Å². The lowest BCUT2D eigenvalue weighted by Crippen LogP contribution is -2.43. The van der Waals surface area contributed by atoms with Gasteiger partial charge in [0.15, 0.2) is 0 Å². The Morgan fingerprint density at radius 1 is 1.24 bits per heavy atom. The zero-order valence-electron chi connectivity index (χ0n) is 13.8. The average molecular weight is 290 g/mol. The summed E-state index contributed by atoms with van der Waals surface area (Å²) in [5.41, 5.74) is 1.07. The Morgan fingerprint density at radius 3 is 2.48 bits per heavy atom. The smallest absolute Gasteiger partial charge is 0.0537 e. The summed E-state index contributed by atoms with van der Waals surface area (Å²) >= 11 is 0. The molecule has 1 heterocycles. The van der Waals surface area contributed by atoms with Gasteiger partial charge in [-0.2, -0.15) is 0 Å². The van der Waals surface area contributed by atoms with Gasteiger partial charge in [-0.05, 0) is 31.6 Å². The van der Waals surface area contributed by atoms with E-state index in [1.807, 2.05) is 6.07 Å². The van der Waals surface area contributed by atoms with E-state index in [4.69, 9.17) is 0 Å². The van der Waals surface area contributed by atoms with Crippen LogP contribution in [0.15, 0.2) is 30.3 Å². The molecule has 0 radical (unpaired) electrons. The number of likely N-dealkylation sites (N-methyl/N-ethyl adjacent to an activating group) is 1. The number of aliphatic hydroxyl groups is 1. The van der Waals surface area contributed by atoms with E-state index in [0.717, 1.165) is 32.7 Å². The zero-order chi connectivity index (χ0) is 15.3. The largest absolute Gasteiger partial charge is 0.395 e. The van der Waals surface area contributed by atoms with Crippen LogP contribution in [0, 0.1) is 0 Å². The van der Waals surface area contributed by atoms with Crippen molar-refractivity contribution in [3.63, 3.8) is 0 Å². The van der Waals surface area contributed by atoms with Crippen molar-refractivity contribution >= 4 is 0 Å². The Morgan fingerprint density at radius 2 is 1.90 bits per heavy atom. The number of rotatable bonds is 7. The van der Waals surface area contributed by atoms with Crippen LogP contribution in [0.4, 0.5) is 0 Å². The molecule has 0 aromatic heterocycles. The van der Waals surface area contributed by atoms with Crippen molar-refractivity contribution in [2.24, 2.45) is 0 Å². The van der Waals surface area contributed by atoms with Gasteiger partial charge in [0.25, 0.3) is 0 Å². The topological polar surface area (TPSA) is 26.7 Å². The molecule has 0 saturated carbocycles. The van der Waals surface area contributed by atoms with Crippen molar-refractivity contribution in [1.29, 1.82) is 0 Å². The molecule has 1 saturated heterocycles. The lowest BCUT2D eigenvalue weighted by atomic mass is 9.83. The Balaban J connectivity index is 2.00. The number of aliphatic hydroxyl groups excluding tert-OH is 1. The molecule has 21 heavy (non-hydrogen) atoms. The van der Waals surface area contributed by atoms with Crippen LogP contribution in [0.1, 0.15) is 32.8 Å². The summed E-state index contributed by atoms with van der Waals surface area (Å²) in [6, 6.07) is 11.1. The van der Waals surface area contributed by atoms with Gasteiger partial charge < -0.3 is 10.0 Å². The van der Waals surface area contributed by atoms with Crippen molar-refractivity contribution in [2.45, 2.75) is 38.6 Å². The first-order chi connectivity index (χ1) is 10.1. The highest BCUT2D eigenvalue weighted by molar-refractivity contribution is 5.25. The van der Waals surface area contributed by atoms with E-state index >= 15 is 0 Å². The van der Waals surface area contributed by atoms with Crippen LogP contribution in [0.2, 0.25) is 0 Å². The maximum atomic E-state index is 9.93. The molecule has 3 heteroatoms. The first-order valence-electron chi connectivity index (χ1n) is 8.25. The third kappa shape index (κ3) is 3.85. The highest BCUT2D eigenvalue weighted by atomic mass is 16.3. The molecule has 1 fully saturated rings. The van der Waals surface area contributed by atoms with Crippen molar-refractivity contribution in [1.82, 2.24) is 9.80 Å². The fourth-order valence-corrected chi connectivity index (χ4v) is 3.56. The summed E-state index contributed by atoms with van der Waals surface area (Å²) in [5, 5.41) is 9.93. The maximum absolute atomic E-state index is 9.93. The number of hydrogen-bond acceptors (Lipinski definition) is 3. The van der Waals surface area contributed by atoms with Crippen LogP contribution in [-0.2, 0) is 5.41 Å². The summed E-state index contributed by atoms with van der Waals surface area (Å²) in [4.78, 5) is 5.07. The van der Waals surface area contributed by atoms with Gasteiger partial charge in [-0.1, -0.05) is 51.1 Å². The number of benzene rings is 1. The quantitative estimate of drug-likeness (QED) is 0.835. The first kappa shape index (κ1) is 16.5. The van der Waals surface area contributed by atoms with E-state index in [1.165, 1.54) is 12.0 Å². The molecule has 1 aromatic rings. The third-order valence-corrected chi connectivity index (χ3v) is 4.97. The fraction of sp³-hybridized carbons (Fsp3) is 0.667. The molecule has 2 atom stereocenters. The number of likely N-dealkylation sites (tertiary alicyclic amines) is 1. The molecule has 1 aromatic carbocycles. The summed E-state index contributed by atoms with van der Waals surface area (Å²) in [5.74, 6) is 0. The predicted octanol–water partition coefficient (Wildman–Crippen LogP) is 2.35. The monoisotopic (exact) mass is 290 g/mol. The van der Waals surface area contributed by atoms with Crippen molar-refractivity contribution in [3.05, 3.63) is 35.9 Å². The van der Waals surface area contributed by atoms with Crippen LogP contribution in [-0.4, -0.2) is 60.3 Å². The predicted molar refractivity (Wildman–Crippen MR) is 88.6 cm³/mol. The summed E-state index contributed by atoms with van der Waals surface area (Å²) in [7, 11) is 0. The van der Waals surface area contributed by atoms with Crippen LogP contribution < -0.4 is 0 Å². The molecule has 0 amide bonds. The zero-order valence-corrected chi connectivity index (χ0v) is 13.8. The van der Waals surface area contributed by atoms with E-state index in [-0.39, 0.29) is 12.0 Å². The fourth-order valence-electron chi connectivity index (χ4n) is 3.56. The minimum absolute atomic E-state index is 0.167. The maximum Gasteiger partial charge on any atom is 0.0537 e. The van der Waals surface area contributed by atoms with E-state index in [1.54, 1.807) is 0 Å². The second kappa shape index (κ2) is 7.39. The van der Waals surface area contributed by atoms with Crippen molar-refractivity contribution in [2.75, 3.05) is 39.3 Å². The van der Waals surface area contributed by atoms with E-state index in [2.05, 4.69) is 54.8 Å². The molecule has 2 unspecified atom stereocenters. The molecule has 1 aliphatic rings. The Bertz CT molecular complexity index is 418.